The second kappa shape index (κ2) is 5.64. The van der Waals surface area contributed by atoms with Crippen LogP contribution in [0.1, 0.15) is 25.7 Å². The lowest BCUT2D eigenvalue weighted by Gasteiger charge is -2.25. The molecule has 88 valence electrons. The molecule has 1 aromatic heterocycles. The lowest BCUT2D eigenvalue weighted by molar-refractivity contribution is 0.582. The van der Waals surface area contributed by atoms with Crippen LogP contribution in [0.2, 0.25) is 0 Å². The highest BCUT2D eigenvalue weighted by molar-refractivity contribution is 9.10. The average molecular weight is 284 g/mol. The Balaban J connectivity index is 2.04. The number of pyridine rings is 1. The molecule has 1 aliphatic heterocycles. The van der Waals surface area contributed by atoms with E-state index in [0.717, 1.165) is 29.8 Å². The Kier molecular flexibility index (Phi) is 4.18. The van der Waals surface area contributed by atoms with E-state index in [0.29, 0.717) is 6.04 Å². The Morgan fingerprint density at radius 2 is 2.38 bits per heavy atom. The van der Waals surface area contributed by atoms with Gasteiger partial charge >= 0.3 is 0 Å². The molecule has 1 fully saturated rings. The van der Waals surface area contributed by atoms with Crippen molar-refractivity contribution >= 4 is 21.7 Å². The van der Waals surface area contributed by atoms with Crippen molar-refractivity contribution in [2.24, 2.45) is 5.73 Å². The minimum Gasteiger partial charge on any atom is -0.354 e. The van der Waals surface area contributed by atoms with Gasteiger partial charge in [-0.3, -0.25) is 0 Å². The fraction of sp³-hybridized carbons (Fsp3) is 0.583. The van der Waals surface area contributed by atoms with Crippen LogP contribution in [-0.2, 0) is 0 Å². The normalized spacial score (nSPS) is 20.4. The Morgan fingerprint density at radius 1 is 1.50 bits per heavy atom. The maximum absolute atomic E-state index is 5.57. The van der Waals surface area contributed by atoms with Crippen LogP contribution in [0.25, 0.3) is 0 Å². The first kappa shape index (κ1) is 11.9. The highest BCUT2D eigenvalue weighted by atomic mass is 79.9. The van der Waals surface area contributed by atoms with Gasteiger partial charge in [-0.15, -0.1) is 0 Å². The minimum atomic E-state index is 0.636. The molecule has 1 aliphatic rings. The third kappa shape index (κ3) is 2.74. The van der Waals surface area contributed by atoms with Crippen LogP contribution >= 0.6 is 15.9 Å². The van der Waals surface area contributed by atoms with Crippen molar-refractivity contribution < 1.29 is 0 Å². The van der Waals surface area contributed by atoms with Crippen LogP contribution in [0.15, 0.2) is 22.8 Å². The molecule has 0 saturated carbocycles. The van der Waals surface area contributed by atoms with Gasteiger partial charge in [0.1, 0.15) is 5.82 Å². The molecule has 0 spiro atoms. The van der Waals surface area contributed by atoms with Crippen LogP contribution in [0.3, 0.4) is 0 Å². The van der Waals surface area contributed by atoms with Crippen molar-refractivity contribution in [1.29, 1.82) is 0 Å². The predicted molar refractivity (Wildman–Crippen MR) is 70.6 cm³/mol. The molecule has 3 nitrogen and oxygen atoms in total. The molecule has 2 N–H and O–H groups in total. The first-order chi connectivity index (χ1) is 7.81. The molecule has 1 unspecified atom stereocenters. The van der Waals surface area contributed by atoms with Crippen molar-refractivity contribution in [2.45, 2.75) is 31.7 Å². The van der Waals surface area contributed by atoms with E-state index in [4.69, 9.17) is 5.73 Å². The Morgan fingerprint density at radius 3 is 3.06 bits per heavy atom. The number of anilines is 1. The average Bonchev–Trinajstić information content (AvgIpc) is 2.75. The van der Waals surface area contributed by atoms with Gasteiger partial charge in [0.05, 0.1) is 0 Å². The maximum atomic E-state index is 5.57. The number of aromatic nitrogens is 1. The Bertz CT molecular complexity index is 326. The lowest BCUT2D eigenvalue weighted by atomic mass is 10.1. The molecule has 1 saturated heterocycles. The van der Waals surface area contributed by atoms with Crippen LogP contribution in [0, 0.1) is 0 Å². The van der Waals surface area contributed by atoms with Gasteiger partial charge in [0.25, 0.3) is 0 Å². The summed E-state index contributed by atoms with van der Waals surface area (Å²) in [5.41, 5.74) is 5.57. The molecular weight excluding hydrogens is 266 g/mol. The zero-order valence-electron chi connectivity index (χ0n) is 9.40. The highest BCUT2D eigenvalue weighted by Crippen LogP contribution is 2.26. The second-order valence-electron chi connectivity index (χ2n) is 4.25. The molecule has 0 radical (unpaired) electrons. The van der Waals surface area contributed by atoms with E-state index < -0.39 is 0 Å². The van der Waals surface area contributed by atoms with Crippen molar-refractivity contribution in [3.05, 3.63) is 22.8 Å². The molecule has 2 heterocycles. The highest BCUT2D eigenvalue weighted by Gasteiger charge is 2.24. The maximum Gasteiger partial charge on any atom is 0.128 e. The van der Waals surface area contributed by atoms with Crippen LogP contribution in [0.4, 0.5) is 5.82 Å². The molecule has 0 bridgehead atoms. The summed E-state index contributed by atoms with van der Waals surface area (Å²) in [5.74, 6) is 1.10. The van der Waals surface area contributed by atoms with Gasteiger partial charge in [0.15, 0.2) is 0 Å². The first-order valence-electron chi connectivity index (χ1n) is 5.89. The Hall–Kier alpha value is -0.610. The van der Waals surface area contributed by atoms with Gasteiger partial charge in [0.2, 0.25) is 0 Å². The van der Waals surface area contributed by atoms with E-state index in [9.17, 15) is 0 Å². The number of halogens is 1. The minimum absolute atomic E-state index is 0.636. The molecule has 0 aliphatic carbocycles. The van der Waals surface area contributed by atoms with Gasteiger partial charge in [0, 0.05) is 23.3 Å². The summed E-state index contributed by atoms with van der Waals surface area (Å²) in [6.07, 6.45) is 6.71. The van der Waals surface area contributed by atoms with E-state index in [1.165, 1.54) is 19.3 Å². The second-order valence-corrected chi connectivity index (χ2v) is 5.17. The Labute approximate surface area is 105 Å². The summed E-state index contributed by atoms with van der Waals surface area (Å²) in [5, 5.41) is 0. The van der Waals surface area contributed by atoms with Gasteiger partial charge in [-0.2, -0.15) is 0 Å². The summed E-state index contributed by atoms with van der Waals surface area (Å²) in [6.45, 7) is 1.92. The molecule has 4 heteroatoms. The molecule has 1 aromatic rings. The van der Waals surface area contributed by atoms with Gasteiger partial charge in [-0.05, 0) is 60.3 Å². The van der Waals surface area contributed by atoms with E-state index in [-0.39, 0.29) is 0 Å². The third-order valence-corrected chi connectivity index (χ3v) is 3.59. The van der Waals surface area contributed by atoms with Gasteiger partial charge < -0.3 is 10.6 Å². The van der Waals surface area contributed by atoms with Crippen LogP contribution in [-0.4, -0.2) is 24.1 Å². The molecule has 0 aromatic carbocycles. The number of rotatable bonds is 4. The summed E-state index contributed by atoms with van der Waals surface area (Å²) >= 11 is 3.41. The lowest BCUT2D eigenvalue weighted by Crippen LogP contribution is -2.30. The fourth-order valence-electron chi connectivity index (χ4n) is 2.33. The third-order valence-electron chi connectivity index (χ3n) is 3.12. The quantitative estimate of drug-likeness (QED) is 0.924. The van der Waals surface area contributed by atoms with Gasteiger partial charge in [-0.1, -0.05) is 0 Å². The fourth-order valence-corrected chi connectivity index (χ4v) is 2.56. The van der Waals surface area contributed by atoms with E-state index in [1.54, 1.807) is 0 Å². The summed E-state index contributed by atoms with van der Waals surface area (Å²) in [7, 11) is 0. The van der Waals surface area contributed by atoms with E-state index in [1.807, 2.05) is 6.20 Å². The monoisotopic (exact) mass is 283 g/mol. The molecule has 1 atom stereocenters. The summed E-state index contributed by atoms with van der Waals surface area (Å²) < 4.78 is 1.04. The molecule has 16 heavy (non-hydrogen) atoms. The number of hydrogen-bond acceptors (Lipinski definition) is 3. The van der Waals surface area contributed by atoms with E-state index >= 15 is 0 Å². The summed E-state index contributed by atoms with van der Waals surface area (Å²) in [6, 6.07) is 4.78. The van der Waals surface area contributed by atoms with E-state index in [2.05, 4.69) is 37.9 Å². The van der Waals surface area contributed by atoms with Crippen LogP contribution in [0.5, 0.6) is 0 Å². The molecule has 2 rings (SSSR count). The largest absolute Gasteiger partial charge is 0.354 e. The number of nitrogens with two attached hydrogens (primary N) is 1. The number of hydrogen-bond donors (Lipinski definition) is 1. The zero-order valence-corrected chi connectivity index (χ0v) is 11.0. The smallest absolute Gasteiger partial charge is 0.128 e. The van der Waals surface area contributed by atoms with Crippen molar-refractivity contribution in [3.8, 4) is 0 Å². The predicted octanol–water partition coefficient (Wildman–Crippen LogP) is 2.55. The van der Waals surface area contributed by atoms with Gasteiger partial charge in [-0.25, -0.2) is 4.98 Å². The zero-order chi connectivity index (χ0) is 11.4. The van der Waals surface area contributed by atoms with Crippen LogP contribution < -0.4 is 10.6 Å². The topological polar surface area (TPSA) is 42.1 Å². The standard InChI is InChI=1S/C12H18BrN3/c13-10-5-6-12(15-9-10)16-8-2-4-11(16)3-1-7-14/h5-6,9,11H,1-4,7-8,14H2. The van der Waals surface area contributed by atoms with Crippen molar-refractivity contribution in [3.63, 3.8) is 0 Å². The molecular formula is C12H18BrN3. The SMILES string of the molecule is NCCCC1CCCN1c1ccc(Br)cn1. The molecule has 0 amide bonds. The first-order valence-corrected chi connectivity index (χ1v) is 6.69. The van der Waals surface area contributed by atoms with Crippen molar-refractivity contribution in [2.75, 3.05) is 18.0 Å². The summed E-state index contributed by atoms with van der Waals surface area (Å²) in [4.78, 5) is 6.89. The number of nitrogens with zero attached hydrogens (tertiary/aromatic N) is 2. The van der Waals surface area contributed by atoms with Crippen molar-refractivity contribution in [1.82, 2.24) is 4.98 Å².